The van der Waals surface area contributed by atoms with Gasteiger partial charge in [0.2, 0.25) is 0 Å². The first kappa shape index (κ1) is 11.5. The van der Waals surface area contributed by atoms with E-state index in [1.54, 1.807) is 16.0 Å². The minimum absolute atomic E-state index is 0.695. The average molecular weight is 320 g/mol. The SMILES string of the molecule is Nc1cn(-c2ccc(Br)cc2)nc1-c1cccs1. The molecular formula is C13H10BrN3S. The number of nitrogen functional groups attached to an aromatic ring is 1. The van der Waals surface area contributed by atoms with Gasteiger partial charge in [-0.2, -0.15) is 5.10 Å². The molecule has 0 bridgehead atoms. The van der Waals surface area contributed by atoms with Gasteiger partial charge in [-0.3, -0.25) is 0 Å². The van der Waals surface area contributed by atoms with Gasteiger partial charge in [0.15, 0.2) is 0 Å². The molecule has 0 fully saturated rings. The van der Waals surface area contributed by atoms with Crippen molar-refractivity contribution in [3.8, 4) is 16.3 Å². The second-order valence-corrected chi connectivity index (χ2v) is 5.69. The Morgan fingerprint density at radius 3 is 2.61 bits per heavy atom. The predicted octanol–water partition coefficient (Wildman–Crippen LogP) is 3.95. The first-order valence-electron chi connectivity index (χ1n) is 5.39. The van der Waals surface area contributed by atoms with Crippen molar-refractivity contribution in [2.24, 2.45) is 0 Å². The standard InChI is InChI=1S/C13H10BrN3S/c14-9-3-5-10(6-4-9)17-8-11(15)13(16-17)12-2-1-7-18-12/h1-8H,15H2. The fraction of sp³-hybridized carbons (Fsp3) is 0. The van der Waals surface area contributed by atoms with E-state index in [0.29, 0.717) is 5.69 Å². The zero-order valence-electron chi connectivity index (χ0n) is 9.38. The molecule has 90 valence electrons. The van der Waals surface area contributed by atoms with Crippen molar-refractivity contribution in [2.45, 2.75) is 0 Å². The van der Waals surface area contributed by atoms with Gasteiger partial charge in [-0.25, -0.2) is 4.68 Å². The predicted molar refractivity (Wildman–Crippen MR) is 79.0 cm³/mol. The van der Waals surface area contributed by atoms with Gasteiger partial charge in [-0.15, -0.1) is 11.3 Å². The van der Waals surface area contributed by atoms with Crippen LogP contribution in [0.25, 0.3) is 16.3 Å². The molecule has 0 aliphatic rings. The Kier molecular flexibility index (Phi) is 2.93. The minimum Gasteiger partial charge on any atom is -0.396 e. The molecule has 0 aliphatic carbocycles. The van der Waals surface area contributed by atoms with Gasteiger partial charge in [0.1, 0.15) is 5.69 Å². The number of benzene rings is 1. The zero-order valence-corrected chi connectivity index (χ0v) is 11.8. The number of hydrogen-bond acceptors (Lipinski definition) is 3. The molecule has 0 spiro atoms. The van der Waals surface area contributed by atoms with E-state index in [2.05, 4.69) is 21.0 Å². The smallest absolute Gasteiger partial charge is 0.126 e. The average Bonchev–Trinajstić information content (AvgIpc) is 2.99. The van der Waals surface area contributed by atoms with E-state index in [1.165, 1.54) is 0 Å². The molecule has 3 nitrogen and oxygen atoms in total. The Morgan fingerprint density at radius 2 is 1.94 bits per heavy atom. The summed E-state index contributed by atoms with van der Waals surface area (Å²) in [5.74, 6) is 0. The summed E-state index contributed by atoms with van der Waals surface area (Å²) in [5.41, 5.74) is 8.54. The molecule has 5 heteroatoms. The van der Waals surface area contributed by atoms with Crippen molar-refractivity contribution in [1.29, 1.82) is 0 Å². The van der Waals surface area contributed by atoms with Gasteiger partial charge < -0.3 is 5.73 Å². The lowest BCUT2D eigenvalue weighted by Gasteiger charge is -2.00. The maximum atomic E-state index is 6.01. The van der Waals surface area contributed by atoms with Crippen molar-refractivity contribution in [3.63, 3.8) is 0 Å². The lowest BCUT2D eigenvalue weighted by atomic mass is 10.3. The summed E-state index contributed by atoms with van der Waals surface area (Å²) >= 11 is 5.05. The molecule has 0 saturated heterocycles. The fourth-order valence-corrected chi connectivity index (χ4v) is 2.71. The van der Waals surface area contributed by atoms with Crippen molar-refractivity contribution in [3.05, 3.63) is 52.4 Å². The number of aromatic nitrogens is 2. The van der Waals surface area contributed by atoms with Gasteiger partial charge in [-0.1, -0.05) is 22.0 Å². The van der Waals surface area contributed by atoms with E-state index in [1.807, 2.05) is 48.0 Å². The molecular weight excluding hydrogens is 310 g/mol. The molecule has 2 N–H and O–H groups in total. The normalized spacial score (nSPS) is 10.7. The Bertz CT molecular complexity index is 656. The van der Waals surface area contributed by atoms with Gasteiger partial charge >= 0.3 is 0 Å². The van der Waals surface area contributed by atoms with E-state index in [9.17, 15) is 0 Å². The molecule has 0 unspecified atom stereocenters. The number of rotatable bonds is 2. The first-order chi connectivity index (χ1) is 8.74. The van der Waals surface area contributed by atoms with Crippen LogP contribution in [0, 0.1) is 0 Å². The minimum atomic E-state index is 0.695. The highest BCUT2D eigenvalue weighted by Gasteiger charge is 2.10. The Hall–Kier alpha value is -1.59. The lowest BCUT2D eigenvalue weighted by molar-refractivity contribution is 0.885. The summed E-state index contributed by atoms with van der Waals surface area (Å²) in [6.07, 6.45) is 1.85. The highest BCUT2D eigenvalue weighted by Crippen LogP contribution is 2.29. The summed E-state index contributed by atoms with van der Waals surface area (Å²) in [6, 6.07) is 12.0. The number of nitrogens with zero attached hydrogens (tertiary/aromatic N) is 2. The van der Waals surface area contributed by atoms with Crippen LogP contribution in [-0.2, 0) is 0 Å². The second-order valence-electron chi connectivity index (χ2n) is 3.83. The number of hydrogen-bond donors (Lipinski definition) is 1. The molecule has 3 aromatic rings. The van der Waals surface area contributed by atoms with Gasteiger partial charge in [0.05, 0.1) is 22.4 Å². The highest BCUT2D eigenvalue weighted by molar-refractivity contribution is 9.10. The number of anilines is 1. The monoisotopic (exact) mass is 319 g/mol. The Labute approximate surface area is 117 Å². The van der Waals surface area contributed by atoms with Crippen LogP contribution in [0.3, 0.4) is 0 Å². The summed E-state index contributed by atoms with van der Waals surface area (Å²) in [5, 5.41) is 6.56. The van der Waals surface area contributed by atoms with Crippen LogP contribution in [0.15, 0.2) is 52.4 Å². The summed E-state index contributed by atoms with van der Waals surface area (Å²) < 4.78 is 2.85. The number of thiophene rings is 1. The number of halogens is 1. The fourth-order valence-electron chi connectivity index (χ4n) is 1.72. The van der Waals surface area contributed by atoms with Crippen molar-refractivity contribution in [2.75, 3.05) is 5.73 Å². The van der Waals surface area contributed by atoms with E-state index < -0.39 is 0 Å². The third kappa shape index (κ3) is 2.07. The van der Waals surface area contributed by atoms with E-state index in [4.69, 9.17) is 5.73 Å². The molecule has 0 saturated carbocycles. The maximum absolute atomic E-state index is 6.01. The molecule has 1 aromatic carbocycles. The number of nitrogens with two attached hydrogens (primary N) is 1. The third-order valence-electron chi connectivity index (χ3n) is 2.59. The maximum Gasteiger partial charge on any atom is 0.126 e. The molecule has 0 atom stereocenters. The molecule has 0 aliphatic heterocycles. The van der Waals surface area contributed by atoms with Crippen LogP contribution in [0.4, 0.5) is 5.69 Å². The van der Waals surface area contributed by atoms with Gasteiger partial charge in [0.25, 0.3) is 0 Å². The van der Waals surface area contributed by atoms with E-state index >= 15 is 0 Å². The van der Waals surface area contributed by atoms with Crippen molar-refractivity contribution in [1.82, 2.24) is 9.78 Å². The van der Waals surface area contributed by atoms with Crippen LogP contribution in [0.1, 0.15) is 0 Å². The van der Waals surface area contributed by atoms with E-state index in [0.717, 1.165) is 20.7 Å². The topological polar surface area (TPSA) is 43.8 Å². The second kappa shape index (κ2) is 4.59. The van der Waals surface area contributed by atoms with Crippen molar-refractivity contribution < 1.29 is 0 Å². The summed E-state index contributed by atoms with van der Waals surface area (Å²) in [6.45, 7) is 0. The zero-order chi connectivity index (χ0) is 12.5. The van der Waals surface area contributed by atoms with Crippen LogP contribution in [-0.4, -0.2) is 9.78 Å². The van der Waals surface area contributed by atoms with Crippen LogP contribution in [0.5, 0.6) is 0 Å². The van der Waals surface area contributed by atoms with Crippen LogP contribution >= 0.6 is 27.3 Å². The molecule has 0 radical (unpaired) electrons. The Morgan fingerprint density at radius 1 is 1.17 bits per heavy atom. The molecule has 3 rings (SSSR count). The molecule has 2 heterocycles. The van der Waals surface area contributed by atoms with Crippen LogP contribution in [0.2, 0.25) is 0 Å². The van der Waals surface area contributed by atoms with Crippen LogP contribution < -0.4 is 5.73 Å². The van der Waals surface area contributed by atoms with Crippen molar-refractivity contribution >= 4 is 33.0 Å². The lowest BCUT2D eigenvalue weighted by Crippen LogP contribution is -1.93. The van der Waals surface area contributed by atoms with Gasteiger partial charge in [-0.05, 0) is 35.7 Å². The first-order valence-corrected chi connectivity index (χ1v) is 7.06. The highest BCUT2D eigenvalue weighted by atomic mass is 79.9. The summed E-state index contributed by atoms with van der Waals surface area (Å²) in [7, 11) is 0. The largest absolute Gasteiger partial charge is 0.396 e. The molecule has 18 heavy (non-hydrogen) atoms. The van der Waals surface area contributed by atoms with Gasteiger partial charge in [0, 0.05) is 4.47 Å². The Balaban J connectivity index is 2.05. The molecule has 2 aromatic heterocycles. The third-order valence-corrected chi connectivity index (χ3v) is 3.99. The van der Waals surface area contributed by atoms with E-state index in [-0.39, 0.29) is 0 Å². The quantitative estimate of drug-likeness (QED) is 0.777. The summed E-state index contributed by atoms with van der Waals surface area (Å²) in [4.78, 5) is 1.09. The molecule has 0 amide bonds.